The van der Waals surface area contributed by atoms with Gasteiger partial charge >= 0.3 is 0 Å². The highest BCUT2D eigenvalue weighted by atomic mass is 16.2. The number of nitrogens with zero attached hydrogens (tertiary/aromatic N) is 1. The van der Waals surface area contributed by atoms with Crippen LogP contribution < -0.4 is 16.6 Å². The highest BCUT2D eigenvalue weighted by molar-refractivity contribution is 5.90. The number of benzene rings is 1. The van der Waals surface area contributed by atoms with E-state index in [2.05, 4.69) is 5.32 Å². The van der Waals surface area contributed by atoms with Crippen LogP contribution in [0.5, 0.6) is 0 Å². The number of nitrogens with one attached hydrogen (secondary N) is 1. The molecule has 3 N–H and O–H groups in total. The number of hydrogen-bond acceptors (Lipinski definition) is 3. The van der Waals surface area contributed by atoms with Crippen molar-refractivity contribution in [3.63, 3.8) is 0 Å². The Hall–Kier alpha value is -2.56. The fourth-order valence-electron chi connectivity index (χ4n) is 1.90. The maximum absolute atomic E-state index is 11.9. The van der Waals surface area contributed by atoms with Crippen LogP contribution in [0.4, 0.5) is 11.4 Å². The van der Waals surface area contributed by atoms with Crippen LogP contribution in [0.3, 0.4) is 0 Å². The number of nitrogens with two attached hydrogens (primary N) is 1. The van der Waals surface area contributed by atoms with Crippen LogP contribution >= 0.6 is 0 Å². The Bertz CT molecular complexity index is 677. The van der Waals surface area contributed by atoms with Crippen molar-refractivity contribution in [3.8, 4) is 0 Å². The molecule has 0 saturated heterocycles. The minimum Gasteiger partial charge on any atom is -0.398 e. The number of rotatable bonds is 4. The number of nitrogen functional groups attached to an aromatic ring is 1. The lowest BCUT2D eigenvalue weighted by Gasteiger charge is -2.08. The van der Waals surface area contributed by atoms with Crippen LogP contribution in [0.2, 0.25) is 0 Å². The number of amides is 1. The standard InChI is InChI=1S/C15H17N3O2/c1-2-11-4-3-5-13(8-11)17-14(19)10-18-9-12(16)6-7-15(18)20/h3-9H,2,10,16H2,1H3,(H,17,19). The quantitative estimate of drug-likeness (QED) is 0.887. The maximum atomic E-state index is 11.9. The van der Waals surface area contributed by atoms with E-state index in [1.165, 1.54) is 22.9 Å². The number of carbonyl (C=O) groups excluding carboxylic acids is 1. The van der Waals surface area contributed by atoms with Gasteiger partial charge in [0.05, 0.1) is 0 Å². The molecule has 0 radical (unpaired) electrons. The molecule has 1 heterocycles. The third-order valence-corrected chi connectivity index (χ3v) is 2.94. The summed E-state index contributed by atoms with van der Waals surface area (Å²) in [5.41, 5.74) is 7.67. The molecule has 20 heavy (non-hydrogen) atoms. The second-order valence-corrected chi connectivity index (χ2v) is 4.53. The summed E-state index contributed by atoms with van der Waals surface area (Å²) in [4.78, 5) is 23.5. The van der Waals surface area contributed by atoms with Gasteiger partial charge in [0, 0.05) is 23.6 Å². The molecular formula is C15H17N3O2. The van der Waals surface area contributed by atoms with E-state index in [1.807, 2.05) is 31.2 Å². The Morgan fingerprint density at radius 1 is 1.30 bits per heavy atom. The Morgan fingerprint density at radius 3 is 2.85 bits per heavy atom. The zero-order valence-corrected chi connectivity index (χ0v) is 11.3. The van der Waals surface area contributed by atoms with Crippen molar-refractivity contribution in [2.75, 3.05) is 11.1 Å². The molecule has 0 aliphatic carbocycles. The van der Waals surface area contributed by atoms with Gasteiger partial charge in [-0.3, -0.25) is 9.59 Å². The molecule has 0 fully saturated rings. The van der Waals surface area contributed by atoms with E-state index in [9.17, 15) is 9.59 Å². The molecule has 1 amide bonds. The highest BCUT2D eigenvalue weighted by Crippen LogP contribution is 2.11. The normalized spacial score (nSPS) is 10.2. The van der Waals surface area contributed by atoms with E-state index in [-0.39, 0.29) is 18.0 Å². The van der Waals surface area contributed by atoms with Gasteiger partial charge in [0.15, 0.2) is 0 Å². The highest BCUT2D eigenvalue weighted by Gasteiger charge is 2.05. The van der Waals surface area contributed by atoms with Gasteiger partial charge in [-0.1, -0.05) is 19.1 Å². The van der Waals surface area contributed by atoms with Crippen molar-refractivity contribution in [2.45, 2.75) is 19.9 Å². The van der Waals surface area contributed by atoms with E-state index < -0.39 is 0 Å². The van der Waals surface area contributed by atoms with Gasteiger partial charge in [0.1, 0.15) is 6.54 Å². The summed E-state index contributed by atoms with van der Waals surface area (Å²) in [6.45, 7) is 1.99. The van der Waals surface area contributed by atoms with Crippen molar-refractivity contribution < 1.29 is 4.79 Å². The van der Waals surface area contributed by atoms with E-state index in [0.717, 1.165) is 17.7 Å². The maximum Gasteiger partial charge on any atom is 0.251 e. The van der Waals surface area contributed by atoms with Crippen LogP contribution in [0, 0.1) is 0 Å². The zero-order chi connectivity index (χ0) is 14.5. The van der Waals surface area contributed by atoms with E-state index >= 15 is 0 Å². The third kappa shape index (κ3) is 3.47. The van der Waals surface area contributed by atoms with Crippen LogP contribution in [-0.2, 0) is 17.8 Å². The molecule has 0 bridgehead atoms. The minimum atomic E-state index is -0.258. The largest absolute Gasteiger partial charge is 0.398 e. The summed E-state index contributed by atoms with van der Waals surface area (Å²) in [6, 6.07) is 10.5. The van der Waals surface area contributed by atoms with Gasteiger partial charge in [-0.05, 0) is 30.2 Å². The predicted octanol–water partition coefficient (Wildman–Crippen LogP) is 1.63. The fraction of sp³-hybridized carbons (Fsp3) is 0.200. The molecule has 0 atom stereocenters. The Morgan fingerprint density at radius 2 is 2.10 bits per heavy atom. The van der Waals surface area contributed by atoms with Crippen LogP contribution in [0.25, 0.3) is 0 Å². The summed E-state index contributed by atoms with van der Waals surface area (Å²) in [5, 5.41) is 2.77. The average Bonchev–Trinajstić information content (AvgIpc) is 2.43. The lowest BCUT2D eigenvalue weighted by Crippen LogP contribution is -2.27. The van der Waals surface area contributed by atoms with Crippen LogP contribution in [0.15, 0.2) is 47.4 Å². The van der Waals surface area contributed by atoms with E-state index in [0.29, 0.717) is 5.69 Å². The number of anilines is 2. The minimum absolute atomic E-state index is 0.0553. The summed E-state index contributed by atoms with van der Waals surface area (Å²) in [6.07, 6.45) is 2.36. The number of aromatic nitrogens is 1. The van der Waals surface area contributed by atoms with Crippen molar-refractivity contribution in [1.29, 1.82) is 0 Å². The summed E-state index contributed by atoms with van der Waals surface area (Å²) >= 11 is 0. The Labute approximate surface area is 117 Å². The molecule has 2 rings (SSSR count). The van der Waals surface area contributed by atoms with Crippen molar-refractivity contribution in [2.24, 2.45) is 0 Å². The molecule has 0 aliphatic rings. The first-order valence-electron chi connectivity index (χ1n) is 6.43. The second kappa shape index (κ2) is 6.06. The zero-order valence-electron chi connectivity index (χ0n) is 11.3. The number of aryl methyl sites for hydroxylation is 1. The molecule has 5 heteroatoms. The summed E-state index contributed by atoms with van der Waals surface area (Å²) in [7, 11) is 0. The smallest absolute Gasteiger partial charge is 0.251 e. The number of pyridine rings is 1. The van der Waals surface area contributed by atoms with Crippen LogP contribution in [0.1, 0.15) is 12.5 Å². The average molecular weight is 271 g/mol. The molecule has 104 valence electrons. The van der Waals surface area contributed by atoms with Crippen molar-refractivity contribution >= 4 is 17.3 Å². The van der Waals surface area contributed by atoms with E-state index in [4.69, 9.17) is 5.73 Å². The predicted molar refractivity (Wildman–Crippen MR) is 79.6 cm³/mol. The van der Waals surface area contributed by atoms with Gasteiger partial charge in [-0.2, -0.15) is 0 Å². The number of hydrogen-bond donors (Lipinski definition) is 2. The lowest BCUT2D eigenvalue weighted by molar-refractivity contribution is -0.116. The molecule has 0 spiro atoms. The molecule has 0 aliphatic heterocycles. The fourth-order valence-corrected chi connectivity index (χ4v) is 1.90. The van der Waals surface area contributed by atoms with Crippen LogP contribution in [-0.4, -0.2) is 10.5 Å². The second-order valence-electron chi connectivity index (χ2n) is 4.53. The topological polar surface area (TPSA) is 77.1 Å². The summed E-state index contributed by atoms with van der Waals surface area (Å²) in [5.74, 6) is -0.258. The first kappa shape index (κ1) is 13.9. The van der Waals surface area contributed by atoms with Crippen molar-refractivity contribution in [1.82, 2.24) is 4.57 Å². The monoisotopic (exact) mass is 271 g/mol. The summed E-state index contributed by atoms with van der Waals surface area (Å²) < 4.78 is 1.29. The SMILES string of the molecule is CCc1cccc(NC(=O)Cn2cc(N)ccc2=O)c1. The number of carbonyl (C=O) groups is 1. The molecule has 0 saturated carbocycles. The Balaban J connectivity index is 2.09. The van der Waals surface area contributed by atoms with Gasteiger partial charge in [0.25, 0.3) is 5.56 Å². The first-order chi connectivity index (χ1) is 9.58. The molecule has 1 aromatic heterocycles. The van der Waals surface area contributed by atoms with E-state index in [1.54, 1.807) is 0 Å². The van der Waals surface area contributed by atoms with Gasteiger partial charge in [-0.25, -0.2) is 0 Å². The van der Waals surface area contributed by atoms with Crippen molar-refractivity contribution in [3.05, 3.63) is 58.5 Å². The van der Waals surface area contributed by atoms with Gasteiger partial charge < -0.3 is 15.6 Å². The van der Waals surface area contributed by atoms with Gasteiger partial charge in [-0.15, -0.1) is 0 Å². The molecule has 5 nitrogen and oxygen atoms in total. The third-order valence-electron chi connectivity index (χ3n) is 2.94. The Kier molecular flexibility index (Phi) is 4.20. The molecule has 2 aromatic rings. The molecule has 0 unspecified atom stereocenters. The first-order valence-corrected chi connectivity index (χ1v) is 6.43. The van der Waals surface area contributed by atoms with Gasteiger partial charge in [0.2, 0.25) is 5.91 Å². The molecule has 1 aromatic carbocycles. The molecular weight excluding hydrogens is 254 g/mol. The lowest BCUT2D eigenvalue weighted by atomic mass is 10.1.